The van der Waals surface area contributed by atoms with E-state index in [2.05, 4.69) is 27.7 Å². The molecule has 0 aliphatic carbocycles. The fourth-order valence-corrected chi connectivity index (χ4v) is 2.55. The van der Waals surface area contributed by atoms with Gasteiger partial charge in [-0.25, -0.2) is 0 Å². The maximum atomic E-state index is 11.1. The van der Waals surface area contributed by atoms with E-state index >= 15 is 0 Å². The second-order valence-electron chi connectivity index (χ2n) is 3.03. The van der Waals surface area contributed by atoms with Crippen LogP contribution in [0.2, 0.25) is 0 Å². The van der Waals surface area contributed by atoms with Crippen LogP contribution in [0.3, 0.4) is 0 Å². The molecule has 0 saturated carbocycles. The fourth-order valence-electron chi connectivity index (χ4n) is 1.25. The molecular weight excluding hydrogens is 145 g/mol. The van der Waals surface area contributed by atoms with Gasteiger partial charge in [-0.3, -0.25) is 0 Å². The minimum absolute atomic E-state index is 0.383. The molecule has 0 rings (SSSR count). The van der Waals surface area contributed by atoms with Gasteiger partial charge in [0.25, 0.3) is 0 Å². The molecule has 0 amide bonds. The molecule has 2 nitrogen and oxygen atoms in total. The molecule has 1 atom stereocenters. The van der Waals surface area contributed by atoms with Crippen molar-refractivity contribution in [3.05, 3.63) is 0 Å². The monoisotopic (exact) mass is 162 g/mol. The van der Waals surface area contributed by atoms with Gasteiger partial charge in [-0.1, -0.05) is 9.24 Å². The molecule has 0 aromatic rings. The van der Waals surface area contributed by atoms with Gasteiger partial charge in [0, 0.05) is 12.1 Å². The Morgan fingerprint density at radius 2 is 1.40 bits per heavy atom. The van der Waals surface area contributed by atoms with Crippen LogP contribution in [0.15, 0.2) is 0 Å². The average Bonchev–Trinajstić information content (AvgIpc) is 1.59. The average molecular weight is 162 g/mol. The number of nitrogens with zero attached hydrogens (tertiary/aromatic N) is 1. The fraction of sp³-hybridized carbons (Fsp3) is 1.00. The van der Waals surface area contributed by atoms with Crippen molar-refractivity contribution in [2.75, 3.05) is 6.66 Å². The van der Waals surface area contributed by atoms with E-state index in [0.717, 1.165) is 0 Å². The third-order valence-electron chi connectivity index (χ3n) is 1.38. The molecule has 0 N–H and O–H groups in total. The van der Waals surface area contributed by atoms with E-state index in [1.165, 1.54) is 0 Å². The van der Waals surface area contributed by atoms with Gasteiger partial charge in [0.2, 0.25) is 0 Å². The van der Waals surface area contributed by atoms with Crippen molar-refractivity contribution in [2.45, 2.75) is 39.8 Å². The van der Waals surface area contributed by atoms with Crippen LogP contribution in [0.4, 0.5) is 0 Å². The van der Waals surface area contributed by atoms with Crippen LogP contribution in [0, 0.1) is 0 Å². The molecule has 0 heterocycles. The zero-order valence-electron chi connectivity index (χ0n) is 7.46. The first kappa shape index (κ1) is 10.1. The smallest absolute Gasteiger partial charge is 0.0921 e. The van der Waals surface area contributed by atoms with Crippen LogP contribution in [-0.2, 0) is 4.57 Å². The Hall–Kier alpha value is 0.0600. The highest BCUT2D eigenvalue weighted by Crippen LogP contribution is 2.27. The first-order valence-corrected chi connectivity index (χ1v) is 5.32. The molecule has 0 aromatic carbocycles. The van der Waals surface area contributed by atoms with Crippen molar-refractivity contribution in [2.24, 2.45) is 0 Å². The normalized spacial score (nSPS) is 13.4. The lowest BCUT2D eigenvalue weighted by Crippen LogP contribution is -2.30. The maximum absolute atomic E-state index is 11.1. The second kappa shape index (κ2) is 4.05. The Balaban J connectivity index is 4.12. The summed E-state index contributed by atoms with van der Waals surface area (Å²) in [5.41, 5.74) is 0. The zero-order chi connectivity index (χ0) is 8.31. The molecule has 1 unspecified atom stereocenters. The highest BCUT2D eigenvalue weighted by atomic mass is 31.1. The molecule has 0 bridgehead atoms. The van der Waals surface area contributed by atoms with Crippen LogP contribution in [0.1, 0.15) is 27.7 Å². The third-order valence-corrected chi connectivity index (χ3v) is 2.96. The van der Waals surface area contributed by atoms with Crippen LogP contribution in [-0.4, -0.2) is 23.4 Å². The standard InChI is InChI=1S/C7H17NOP/c1-6(2)8(7(3)4)10(5)9/h6-7H,1-5H3/q+1. The Labute approximate surface area is 64.4 Å². The SMILES string of the molecule is CC(C)N(C(C)C)[P+](C)=O. The van der Waals surface area contributed by atoms with E-state index in [9.17, 15) is 4.57 Å². The second-order valence-corrected chi connectivity index (χ2v) is 4.42. The van der Waals surface area contributed by atoms with Gasteiger partial charge < -0.3 is 0 Å². The molecule has 0 aromatic heterocycles. The summed E-state index contributed by atoms with van der Waals surface area (Å²) in [4.78, 5) is 0. The zero-order valence-corrected chi connectivity index (χ0v) is 8.35. The molecule has 60 valence electrons. The summed E-state index contributed by atoms with van der Waals surface area (Å²) < 4.78 is 13.1. The highest BCUT2D eigenvalue weighted by Gasteiger charge is 2.27. The highest BCUT2D eigenvalue weighted by molar-refractivity contribution is 7.41. The molecule has 0 aliphatic rings. The molecular formula is C7H17NOP+. The summed E-state index contributed by atoms with van der Waals surface area (Å²) in [5, 5.41) is 0. The van der Waals surface area contributed by atoms with Crippen molar-refractivity contribution < 1.29 is 4.57 Å². The molecule has 0 aliphatic heterocycles. The lowest BCUT2D eigenvalue weighted by atomic mass is 10.3. The topological polar surface area (TPSA) is 20.3 Å². The Morgan fingerprint density at radius 3 is 1.40 bits per heavy atom. The third kappa shape index (κ3) is 2.76. The Morgan fingerprint density at radius 1 is 1.10 bits per heavy atom. The van der Waals surface area contributed by atoms with Gasteiger partial charge in [0.05, 0.1) is 0 Å². The van der Waals surface area contributed by atoms with E-state index in [4.69, 9.17) is 0 Å². The number of hydrogen-bond donors (Lipinski definition) is 0. The summed E-state index contributed by atoms with van der Waals surface area (Å²) in [7, 11) is -1.16. The summed E-state index contributed by atoms with van der Waals surface area (Å²) >= 11 is 0. The van der Waals surface area contributed by atoms with Crippen LogP contribution in [0.5, 0.6) is 0 Å². The largest absolute Gasteiger partial charge is 0.432 e. The lowest BCUT2D eigenvalue weighted by molar-refractivity contribution is 0.311. The van der Waals surface area contributed by atoms with Crippen molar-refractivity contribution in [1.82, 2.24) is 4.67 Å². The van der Waals surface area contributed by atoms with Crippen molar-refractivity contribution in [3.63, 3.8) is 0 Å². The van der Waals surface area contributed by atoms with Gasteiger partial charge in [0.15, 0.2) is 6.66 Å². The van der Waals surface area contributed by atoms with Gasteiger partial charge >= 0.3 is 7.95 Å². The summed E-state index contributed by atoms with van der Waals surface area (Å²) in [5.74, 6) is 0. The molecule has 0 fully saturated rings. The molecule has 0 saturated heterocycles. The summed E-state index contributed by atoms with van der Waals surface area (Å²) in [6.45, 7) is 10.0. The van der Waals surface area contributed by atoms with E-state index in [0.29, 0.717) is 12.1 Å². The molecule has 0 spiro atoms. The minimum atomic E-state index is -1.16. The Kier molecular flexibility index (Phi) is 4.07. The van der Waals surface area contributed by atoms with Crippen LogP contribution in [0.25, 0.3) is 0 Å². The van der Waals surface area contributed by atoms with E-state index in [1.807, 2.05) is 4.67 Å². The van der Waals surface area contributed by atoms with E-state index in [1.54, 1.807) is 6.66 Å². The van der Waals surface area contributed by atoms with Gasteiger partial charge in [-0.05, 0) is 27.7 Å². The van der Waals surface area contributed by atoms with E-state index in [-0.39, 0.29) is 0 Å². The van der Waals surface area contributed by atoms with Crippen LogP contribution < -0.4 is 0 Å². The van der Waals surface area contributed by atoms with Crippen LogP contribution >= 0.6 is 7.95 Å². The molecule has 10 heavy (non-hydrogen) atoms. The minimum Gasteiger partial charge on any atom is -0.0921 e. The van der Waals surface area contributed by atoms with Crippen molar-refractivity contribution >= 4 is 7.95 Å². The predicted octanol–water partition coefficient (Wildman–Crippen LogP) is 2.48. The first-order chi connectivity index (χ1) is 4.46. The summed E-state index contributed by atoms with van der Waals surface area (Å²) in [6.07, 6.45) is 0. The summed E-state index contributed by atoms with van der Waals surface area (Å²) in [6, 6.07) is 0.766. The van der Waals surface area contributed by atoms with Gasteiger partial charge in [-0.15, -0.1) is 0 Å². The van der Waals surface area contributed by atoms with E-state index < -0.39 is 7.95 Å². The number of hydrogen-bond acceptors (Lipinski definition) is 1. The lowest BCUT2D eigenvalue weighted by Gasteiger charge is -2.17. The molecule has 3 heteroatoms. The Bertz CT molecular complexity index is 115. The maximum Gasteiger partial charge on any atom is 0.432 e. The number of rotatable bonds is 3. The predicted molar refractivity (Wildman–Crippen MR) is 45.6 cm³/mol. The van der Waals surface area contributed by atoms with Crippen molar-refractivity contribution in [1.29, 1.82) is 0 Å². The van der Waals surface area contributed by atoms with Gasteiger partial charge in [-0.2, -0.15) is 0 Å². The van der Waals surface area contributed by atoms with Gasteiger partial charge in [0.1, 0.15) is 0 Å². The quantitative estimate of drug-likeness (QED) is 0.594. The van der Waals surface area contributed by atoms with Crippen molar-refractivity contribution in [3.8, 4) is 0 Å². The molecule has 0 radical (unpaired) electrons. The first-order valence-electron chi connectivity index (χ1n) is 3.66.